The van der Waals surface area contributed by atoms with Gasteiger partial charge in [-0.2, -0.15) is 0 Å². The van der Waals surface area contributed by atoms with Crippen LogP contribution in [0.15, 0.2) is 73.2 Å². The number of aliphatic hydroxyl groups is 1. The van der Waals surface area contributed by atoms with Crippen molar-refractivity contribution in [3.63, 3.8) is 0 Å². The third-order valence-electron chi connectivity index (χ3n) is 3.93. The summed E-state index contributed by atoms with van der Waals surface area (Å²) < 4.78 is 1.98. The summed E-state index contributed by atoms with van der Waals surface area (Å²) in [5, 5.41) is 12.9. The van der Waals surface area contributed by atoms with Crippen LogP contribution in [0.5, 0.6) is 0 Å². The fourth-order valence-corrected chi connectivity index (χ4v) is 2.77. The Labute approximate surface area is 139 Å². The van der Waals surface area contributed by atoms with Gasteiger partial charge in [-0.3, -0.25) is 4.40 Å². The Morgan fingerprint density at radius 3 is 2.58 bits per heavy atom. The number of benzene rings is 2. The minimum atomic E-state index is -0.0103. The fourth-order valence-electron chi connectivity index (χ4n) is 2.77. The monoisotopic (exact) mass is 316 g/mol. The quantitative estimate of drug-likeness (QED) is 0.603. The number of hydrogen-bond donors (Lipinski definition) is 2. The minimum absolute atomic E-state index is 0.0103. The van der Waals surface area contributed by atoms with Crippen molar-refractivity contribution in [1.82, 2.24) is 14.4 Å². The number of rotatable bonds is 4. The number of aromatic nitrogens is 3. The summed E-state index contributed by atoms with van der Waals surface area (Å²) >= 11 is 0. The molecule has 0 aliphatic heterocycles. The Balaban J connectivity index is 1.82. The van der Waals surface area contributed by atoms with E-state index in [2.05, 4.69) is 15.3 Å². The van der Waals surface area contributed by atoms with Crippen LogP contribution in [0.1, 0.15) is 5.56 Å². The zero-order valence-electron chi connectivity index (χ0n) is 12.9. The number of aliphatic hydroxyl groups excluding tert-OH is 1. The molecule has 2 aromatic carbocycles. The molecule has 0 aliphatic carbocycles. The molecule has 4 aromatic rings. The van der Waals surface area contributed by atoms with Crippen LogP contribution in [0.4, 0.5) is 11.5 Å². The third kappa shape index (κ3) is 2.51. The molecule has 2 aromatic heterocycles. The maximum Gasteiger partial charge on any atom is 0.180 e. The van der Waals surface area contributed by atoms with Crippen molar-refractivity contribution < 1.29 is 5.11 Å². The normalized spacial score (nSPS) is 10.9. The standard InChI is InChI=1S/C19H16N4O/c24-13-14-6-4-5-9-16(14)17-12-21-19-18(20-10-11-23(17)19)22-15-7-2-1-3-8-15/h1-12,24H,13H2,(H,20,22). The van der Waals surface area contributed by atoms with Crippen molar-refractivity contribution in [3.05, 3.63) is 78.8 Å². The molecule has 2 N–H and O–H groups in total. The SMILES string of the molecule is OCc1ccccc1-c1cnc2c(Nc3ccccc3)nccn12. The Kier molecular flexibility index (Phi) is 3.69. The average molecular weight is 316 g/mol. The van der Waals surface area contributed by atoms with Crippen molar-refractivity contribution in [1.29, 1.82) is 0 Å². The predicted molar refractivity (Wildman–Crippen MR) is 94.1 cm³/mol. The molecule has 4 rings (SSSR count). The second-order valence-corrected chi connectivity index (χ2v) is 5.42. The van der Waals surface area contributed by atoms with Crippen LogP contribution in [0.2, 0.25) is 0 Å². The highest BCUT2D eigenvalue weighted by molar-refractivity contribution is 5.75. The van der Waals surface area contributed by atoms with Gasteiger partial charge in [-0.15, -0.1) is 0 Å². The molecule has 2 heterocycles. The Bertz CT molecular complexity index is 979. The van der Waals surface area contributed by atoms with Crippen LogP contribution in [0.25, 0.3) is 16.9 Å². The summed E-state index contributed by atoms with van der Waals surface area (Å²) in [7, 11) is 0. The number of nitrogens with one attached hydrogen (secondary N) is 1. The number of fused-ring (bicyclic) bond motifs is 1. The molecule has 0 unspecified atom stereocenters. The molecule has 0 bridgehead atoms. The highest BCUT2D eigenvalue weighted by atomic mass is 16.3. The van der Waals surface area contributed by atoms with E-state index in [-0.39, 0.29) is 6.61 Å². The average Bonchev–Trinajstić information content (AvgIpc) is 3.07. The number of hydrogen-bond acceptors (Lipinski definition) is 4. The number of imidazole rings is 1. The van der Waals surface area contributed by atoms with Gasteiger partial charge in [0.15, 0.2) is 11.5 Å². The molecule has 24 heavy (non-hydrogen) atoms. The van der Waals surface area contributed by atoms with Crippen molar-refractivity contribution in [2.75, 3.05) is 5.32 Å². The van der Waals surface area contributed by atoms with Gasteiger partial charge >= 0.3 is 0 Å². The molecule has 5 nitrogen and oxygen atoms in total. The number of anilines is 2. The summed E-state index contributed by atoms with van der Waals surface area (Å²) in [5.41, 5.74) is 4.45. The number of para-hydroxylation sites is 1. The van der Waals surface area contributed by atoms with Gasteiger partial charge in [-0.25, -0.2) is 9.97 Å². The molecule has 5 heteroatoms. The fraction of sp³-hybridized carbons (Fsp3) is 0.0526. The van der Waals surface area contributed by atoms with Gasteiger partial charge in [-0.1, -0.05) is 42.5 Å². The molecule has 0 aliphatic rings. The van der Waals surface area contributed by atoms with Gasteiger partial charge in [0.05, 0.1) is 18.5 Å². The van der Waals surface area contributed by atoms with Gasteiger partial charge in [0.25, 0.3) is 0 Å². The van der Waals surface area contributed by atoms with Crippen molar-refractivity contribution in [3.8, 4) is 11.3 Å². The topological polar surface area (TPSA) is 62.5 Å². The minimum Gasteiger partial charge on any atom is -0.392 e. The molecule has 0 radical (unpaired) electrons. The Morgan fingerprint density at radius 2 is 1.75 bits per heavy atom. The molecule has 0 atom stereocenters. The molecule has 0 amide bonds. The first-order valence-corrected chi connectivity index (χ1v) is 7.70. The highest BCUT2D eigenvalue weighted by Crippen LogP contribution is 2.27. The Hall–Kier alpha value is -3.18. The van der Waals surface area contributed by atoms with E-state index in [4.69, 9.17) is 0 Å². The molecule has 118 valence electrons. The van der Waals surface area contributed by atoms with Crippen LogP contribution in [-0.2, 0) is 6.61 Å². The van der Waals surface area contributed by atoms with E-state index < -0.39 is 0 Å². The maximum atomic E-state index is 9.58. The lowest BCUT2D eigenvalue weighted by molar-refractivity contribution is 0.282. The van der Waals surface area contributed by atoms with Gasteiger partial charge in [0.2, 0.25) is 0 Å². The summed E-state index contributed by atoms with van der Waals surface area (Å²) in [6, 6.07) is 17.7. The predicted octanol–water partition coefficient (Wildman–Crippen LogP) is 3.63. The molecule has 0 saturated carbocycles. The summed E-state index contributed by atoms with van der Waals surface area (Å²) in [6.45, 7) is -0.0103. The lowest BCUT2D eigenvalue weighted by Gasteiger charge is -2.09. The molecular formula is C19H16N4O. The summed E-state index contributed by atoms with van der Waals surface area (Å²) in [5.74, 6) is 0.691. The van der Waals surface area contributed by atoms with E-state index >= 15 is 0 Å². The molecule has 0 spiro atoms. The highest BCUT2D eigenvalue weighted by Gasteiger charge is 2.12. The largest absolute Gasteiger partial charge is 0.392 e. The lowest BCUT2D eigenvalue weighted by Crippen LogP contribution is -1.99. The van der Waals surface area contributed by atoms with Crippen molar-refractivity contribution in [2.24, 2.45) is 0 Å². The summed E-state index contributed by atoms with van der Waals surface area (Å²) in [6.07, 6.45) is 5.43. The first kappa shape index (κ1) is 14.4. The van der Waals surface area contributed by atoms with E-state index in [1.165, 1.54) is 0 Å². The maximum absolute atomic E-state index is 9.58. The lowest BCUT2D eigenvalue weighted by atomic mass is 10.1. The van der Waals surface area contributed by atoms with E-state index in [1.54, 1.807) is 6.20 Å². The van der Waals surface area contributed by atoms with E-state index in [9.17, 15) is 5.11 Å². The van der Waals surface area contributed by atoms with Crippen molar-refractivity contribution in [2.45, 2.75) is 6.61 Å². The Morgan fingerprint density at radius 1 is 0.958 bits per heavy atom. The van der Waals surface area contributed by atoms with Crippen molar-refractivity contribution >= 4 is 17.2 Å². The van der Waals surface area contributed by atoms with E-state index in [1.807, 2.05) is 71.4 Å². The number of nitrogens with zero attached hydrogens (tertiary/aromatic N) is 3. The van der Waals surface area contributed by atoms with Crippen LogP contribution in [0, 0.1) is 0 Å². The molecule has 0 fully saturated rings. The van der Waals surface area contributed by atoms with Crippen LogP contribution >= 0.6 is 0 Å². The van der Waals surface area contributed by atoms with E-state index in [0.717, 1.165) is 28.2 Å². The van der Waals surface area contributed by atoms with Crippen LogP contribution < -0.4 is 5.32 Å². The van der Waals surface area contributed by atoms with Gasteiger partial charge in [0.1, 0.15) is 0 Å². The van der Waals surface area contributed by atoms with E-state index in [0.29, 0.717) is 5.82 Å². The van der Waals surface area contributed by atoms with Gasteiger partial charge in [0, 0.05) is 23.6 Å². The summed E-state index contributed by atoms with van der Waals surface area (Å²) in [4.78, 5) is 8.93. The second-order valence-electron chi connectivity index (χ2n) is 5.42. The first-order chi connectivity index (χ1) is 11.9. The zero-order valence-corrected chi connectivity index (χ0v) is 12.9. The first-order valence-electron chi connectivity index (χ1n) is 7.70. The van der Waals surface area contributed by atoms with Gasteiger partial charge < -0.3 is 10.4 Å². The van der Waals surface area contributed by atoms with Crippen LogP contribution in [0.3, 0.4) is 0 Å². The molecular weight excluding hydrogens is 300 g/mol. The molecule has 0 saturated heterocycles. The van der Waals surface area contributed by atoms with Crippen LogP contribution in [-0.4, -0.2) is 19.5 Å². The smallest absolute Gasteiger partial charge is 0.180 e. The second kappa shape index (κ2) is 6.14. The third-order valence-corrected chi connectivity index (χ3v) is 3.93. The van der Waals surface area contributed by atoms with Gasteiger partial charge in [-0.05, 0) is 17.7 Å². The zero-order chi connectivity index (χ0) is 16.4.